The van der Waals surface area contributed by atoms with Crippen molar-refractivity contribution in [1.29, 1.82) is 0 Å². The second-order valence-corrected chi connectivity index (χ2v) is 7.82. The monoisotopic (exact) mass is 397 g/mol. The summed E-state index contributed by atoms with van der Waals surface area (Å²) in [7, 11) is 1.62. The molecule has 6 nitrogen and oxygen atoms in total. The Labute approximate surface area is 168 Å². The molecule has 2 aliphatic rings. The fourth-order valence-electron chi connectivity index (χ4n) is 3.73. The quantitative estimate of drug-likeness (QED) is 0.797. The first kappa shape index (κ1) is 18.7. The highest BCUT2D eigenvalue weighted by atomic mass is 32.1. The van der Waals surface area contributed by atoms with Crippen LogP contribution in [0.25, 0.3) is 0 Å². The first-order valence-electron chi connectivity index (χ1n) is 9.53. The normalized spacial score (nSPS) is 17.0. The maximum absolute atomic E-state index is 12.8. The van der Waals surface area contributed by atoms with Crippen LogP contribution in [0.2, 0.25) is 0 Å². The van der Waals surface area contributed by atoms with Gasteiger partial charge < -0.3 is 9.64 Å². The molecule has 2 aromatic rings. The van der Waals surface area contributed by atoms with Crippen LogP contribution in [0.15, 0.2) is 40.7 Å². The van der Waals surface area contributed by atoms with Gasteiger partial charge in [-0.1, -0.05) is 12.1 Å². The van der Waals surface area contributed by atoms with Crippen LogP contribution >= 0.6 is 11.3 Å². The number of thiophene rings is 1. The molecule has 146 valence electrons. The largest absolute Gasteiger partial charge is 0.496 e. The zero-order valence-corrected chi connectivity index (χ0v) is 16.7. The molecule has 0 radical (unpaired) electrons. The zero-order valence-electron chi connectivity index (χ0n) is 15.9. The van der Waals surface area contributed by atoms with E-state index in [-0.39, 0.29) is 24.9 Å². The SMILES string of the molecule is COc1ccccc1C1=NCC(=O)N(CC(=O)N2CCCCC2)c2sccc21. The Hall–Kier alpha value is -2.67. The molecule has 0 bridgehead atoms. The topological polar surface area (TPSA) is 62.2 Å². The van der Waals surface area contributed by atoms with E-state index in [1.807, 2.05) is 40.6 Å². The molecule has 4 rings (SSSR count). The van der Waals surface area contributed by atoms with Gasteiger partial charge >= 0.3 is 0 Å². The van der Waals surface area contributed by atoms with Gasteiger partial charge in [-0.3, -0.25) is 19.5 Å². The van der Waals surface area contributed by atoms with Crippen LogP contribution in [0.5, 0.6) is 5.75 Å². The summed E-state index contributed by atoms with van der Waals surface area (Å²) in [6.07, 6.45) is 3.23. The number of nitrogens with zero attached hydrogens (tertiary/aromatic N) is 3. The number of aliphatic imine (C=N–C) groups is 1. The maximum atomic E-state index is 12.8. The number of ether oxygens (including phenoxy) is 1. The Balaban J connectivity index is 1.66. The number of benzene rings is 1. The van der Waals surface area contributed by atoms with Crippen LogP contribution in [-0.2, 0) is 9.59 Å². The fraction of sp³-hybridized carbons (Fsp3) is 0.381. The molecule has 2 aliphatic heterocycles. The minimum Gasteiger partial charge on any atom is -0.496 e. The number of likely N-dealkylation sites (tertiary alicyclic amines) is 1. The van der Waals surface area contributed by atoms with Gasteiger partial charge in [-0.05, 0) is 42.8 Å². The van der Waals surface area contributed by atoms with Crippen molar-refractivity contribution in [1.82, 2.24) is 4.90 Å². The van der Waals surface area contributed by atoms with E-state index in [1.54, 1.807) is 12.0 Å². The highest BCUT2D eigenvalue weighted by molar-refractivity contribution is 7.15. The number of anilines is 1. The van der Waals surface area contributed by atoms with E-state index in [0.717, 1.165) is 54.2 Å². The number of para-hydroxylation sites is 1. The summed E-state index contributed by atoms with van der Waals surface area (Å²) in [4.78, 5) is 33.7. The van der Waals surface area contributed by atoms with Gasteiger partial charge in [0.25, 0.3) is 0 Å². The third-order valence-corrected chi connectivity index (χ3v) is 6.12. The lowest BCUT2D eigenvalue weighted by Gasteiger charge is -2.29. The summed E-state index contributed by atoms with van der Waals surface area (Å²) in [6.45, 7) is 1.64. The van der Waals surface area contributed by atoms with Crippen LogP contribution in [-0.4, -0.2) is 55.7 Å². The van der Waals surface area contributed by atoms with Gasteiger partial charge in [0.1, 0.15) is 23.8 Å². The van der Waals surface area contributed by atoms with E-state index in [9.17, 15) is 9.59 Å². The smallest absolute Gasteiger partial charge is 0.249 e. The number of fused-ring (bicyclic) bond motifs is 1. The first-order chi connectivity index (χ1) is 13.7. The van der Waals surface area contributed by atoms with Crippen LogP contribution in [0.1, 0.15) is 30.4 Å². The van der Waals surface area contributed by atoms with E-state index < -0.39 is 0 Å². The van der Waals surface area contributed by atoms with Crippen molar-refractivity contribution in [3.8, 4) is 5.75 Å². The fourth-order valence-corrected chi connectivity index (χ4v) is 4.65. The van der Waals surface area contributed by atoms with Crippen LogP contribution < -0.4 is 9.64 Å². The van der Waals surface area contributed by atoms with Crippen LogP contribution in [0, 0.1) is 0 Å². The lowest BCUT2D eigenvalue weighted by molar-refractivity contribution is -0.132. The van der Waals surface area contributed by atoms with Gasteiger partial charge in [-0.2, -0.15) is 0 Å². The van der Waals surface area contributed by atoms with Gasteiger partial charge in [0, 0.05) is 24.2 Å². The molecule has 2 amide bonds. The molecule has 0 spiro atoms. The Morgan fingerprint density at radius 2 is 1.93 bits per heavy atom. The molecule has 0 atom stereocenters. The van der Waals surface area contributed by atoms with E-state index in [4.69, 9.17) is 4.74 Å². The first-order valence-corrected chi connectivity index (χ1v) is 10.4. The van der Waals surface area contributed by atoms with Crippen molar-refractivity contribution >= 4 is 33.9 Å². The minimum atomic E-state index is -0.154. The van der Waals surface area contributed by atoms with Crippen molar-refractivity contribution in [2.45, 2.75) is 19.3 Å². The molecule has 0 unspecified atom stereocenters. The summed E-state index contributed by atoms with van der Waals surface area (Å²) >= 11 is 1.46. The molecular formula is C21H23N3O3S. The number of carbonyl (C=O) groups is 2. The molecule has 0 N–H and O–H groups in total. The third kappa shape index (κ3) is 3.54. The lowest BCUT2D eigenvalue weighted by atomic mass is 10.0. The van der Waals surface area contributed by atoms with Crippen molar-refractivity contribution in [2.75, 3.05) is 38.2 Å². The van der Waals surface area contributed by atoms with E-state index in [2.05, 4.69) is 4.99 Å². The molecule has 1 aromatic carbocycles. The van der Waals surface area contributed by atoms with Crippen LogP contribution in [0.3, 0.4) is 0 Å². The second kappa shape index (κ2) is 8.14. The minimum absolute atomic E-state index is 0.00754. The number of rotatable bonds is 4. The van der Waals surface area contributed by atoms with Gasteiger partial charge in [-0.15, -0.1) is 11.3 Å². The summed E-state index contributed by atoms with van der Waals surface area (Å²) < 4.78 is 5.49. The molecule has 1 saturated heterocycles. The van der Waals surface area contributed by atoms with Gasteiger partial charge in [-0.25, -0.2) is 0 Å². The number of methoxy groups -OCH3 is 1. The summed E-state index contributed by atoms with van der Waals surface area (Å²) in [5.74, 6) is 0.566. The summed E-state index contributed by atoms with van der Waals surface area (Å²) in [6, 6.07) is 9.62. The second-order valence-electron chi connectivity index (χ2n) is 6.93. The van der Waals surface area contributed by atoms with Crippen molar-refractivity contribution in [3.63, 3.8) is 0 Å². The average molecular weight is 398 g/mol. The highest BCUT2D eigenvalue weighted by Gasteiger charge is 2.30. The highest BCUT2D eigenvalue weighted by Crippen LogP contribution is 2.34. The number of carbonyl (C=O) groups excluding carboxylic acids is 2. The predicted octanol–water partition coefficient (Wildman–Crippen LogP) is 2.95. The molecule has 1 fully saturated rings. The number of hydrogen-bond donors (Lipinski definition) is 0. The molecule has 28 heavy (non-hydrogen) atoms. The van der Waals surface area contributed by atoms with E-state index >= 15 is 0 Å². The Bertz CT molecular complexity index is 915. The predicted molar refractivity (Wildman–Crippen MR) is 111 cm³/mol. The average Bonchev–Trinajstić information content (AvgIpc) is 3.17. The van der Waals surface area contributed by atoms with Gasteiger partial charge in [0.15, 0.2) is 0 Å². The van der Waals surface area contributed by atoms with E-state index in [0.29, 0.717) is 5.75 Å². The Kier molecular flexibility index (Phi) is 5.43. The van der Waals surface area contributed by atoms with Crippen LogP contribution in [0.4, 0.5) is 5.00 Å². The van der Waals surface area contributed by atoms with Gasteiger partial charge in [0.2, 0.25) is 11.8 Å². The number of hydrogen-bond acceptors (Lipinski definition) is 5. The lowest BCUT2D eigenvalue weighted by Crippen LogP contribution is -2.45. The van der Waals surface area contributed by atoms with Crippen molar-refractivity contribution in [3.05, 3.63) is 46.8 Å². The molecule has 7 heteroatoms. The number of piperidine rings is 1. The molecule has 3 heterocycles. The Morgan fingerprint density at radius 1 is 1.14 bits per heavy atom. The third-order valence-electron chi connectivity index (χ3n) is 5.18. The molecule has 1 aromatic heterocycles. The molecular weight excluding hydrogens is 374 g/mol. The summed E-state index contributed by atoms with van der Waals surface area (Å²) in [5.41, 5.74) is 2.45. The Morgan fingerprint density at radius 3 is 2.71 bits per heavy atom. The zero-order chi connectivity index (χ0) is 19.5. The van der Waals surface area contributed by atoms with Crippen molar-refractivity contribution in [2.24, 2.45) is 4.99 Å². The number of amides is 2. The van der Waals surface area contributed by atoms with Crippen molar-refractivity contribution < 1.29 is 14.3 Å². The molecule has 0 saturated carbocycles. The summed E-state index contributed by atoms with van der Waals surface area (Å²) in [5, 5.41) is 2.71. The van der Waals surface area contributed by atoms with Gasteiger partial charge in [0.05, 0.1) is 12.8 Å². The van der Waals surface area contributed by atoms with E-state index in [1.165, 1.54) is 11.3 Å². The standard InChI is InChI=1S/C21H23N3O3S/c1-27-17-8-4-3-7-15(17)20-16-9-12-28-21(16)24(18(25)13-22-20)14-19(26)23-10-5-2-6-11-23/h3-4,7-9,12H,2,5-6,10-11,13-14H2,1H3. The molecule has 0 aliphatic carbocycles. The maximum Gasteiger partial charge on any atom is 0.249 e.